The Morgan fingerprint density at radius 1 is 1.04 bits per heavy atom. The van der Waals surface area contributed by atoms with E-state index >= 15 is 0 Å². The van der Waals surface area contributed by atoms with Crippen LogP contribution in [-0.4, -0.2) is 101 Å². The van der Waals surface area contributed by atoms with Crippen molar-refractivity contribution in [3.8, 4) is 0 Å². The molecule has 2 atom stereocenters. The fraction of sp³-hybridized carbons (Fsp3) is 0.424. The second kappa shape index (κ2) is 11.9. The maximum Gasteiger partial charge on any atom is 0.251 e. The number of nitrogens with zero attached hydrogens (tertiary/aromatic N) is 7. The zero-order chi connectivity index (χ0) is 32.0. The van der Waals surface area contributed by atoms with Gasteiger partial charge in [0, 0.05) is 55.9 Å². The molecule has 3 aliphatic rings. The number of imidazole rings is 1. The third-order valence-electron chi connectivity index (χ3n) is 9.43. The van der Waals surface area contributed by atoms with Crippen molar-refractivity contribution in [2.45, 2.75) is 37.3 Å². The first-order chi connectivity index (χ1) is 22.2. The highest BCUT2D eigenvalue weighted by atomic mass is 16.5. The van der Waals surface area contributed by atoms with E-state index in [2.05, 4.69) is 32.3 Å². The van der Waals surface area contributed by atoms with Crippen molar-refractivity contribution in [2.24, 2.45) is 0 Å². The van der Waals surface area contributed by atoms with Crippen molar-refractivity contribution in [2.75, 3.05) is 69.4 Å². The topological polar surface area (TPSA) is 146 Å². The predicted octanol–water partition coefficient (Wildman–Crippen LogP) is 2.58. The number of ether oxygens (including phenoxy) is 1. The number of fused-ring (bicyclic) bond motifs is 1. The highest BCUT2D eigenvalue weighted by molar-refractivity contribution is 5.94. The van der Waals surface area contributed by atoms with Crippen LogP contribution >= 0.6 is 0 Å². The van der Waals surface area contributed by atoms with Crippen molar-refractivity contribution in [1.82, 2.24) is 34.7 Å². The summed E-state index contributed by atoms with van der Waals surface area (Å²) in [7, 11) is 3.82. The van der Waals surface area contributed by atoms with Gasteiger partial charge >= 0.3 is 0 Å². The lowest BCUT2D eigenvalue weighted by Gasteiger charge is -2.38. The van der Waals surface area contributed by atoms with Gasteiger partial charge in [-0.15, -0.1) is 5.10 Å². The van der Waals surface area contributed by atoms with E-state index in [9.17, 15) is 9.59 Å². The summed E-state index contributed by atoms with van der Waals surface area (Å²) in [6.07, 6.45) is 3.29. The number of carbonyl (C=O) groups excluding carboxylic acids is 2. The van der Waals surface area contributed by atoms with E-state index in [1.165, 1.54) is 5.56 Å². The summed E-state index contributed by atoms with van der Waals surface area (Å²) < 4.78 is 6.98. The van der Waals surface area contributed by atoms with Crippen LogP contribution in [0.15, 0.2) is 54.7 Å². The van der Waals surface area contributed by atoms with Gasteiger partial charge < -0.3 is 30.9 Å². The van der Waals surface area contributed by atoms with Gasteiger partial charge in [-0.05, 0) is 55.3 Å². The molecule has 1 unspecified atom stereocenters. The Labute approximate surface area is 267 Å². The molecule has 4 N–H and O–H groups in total. The molecule has 3 aliphatic heterocycles. The quantitative estimate of drug-likeness (QED) is 0.280. The number of piperazine rings is 1. The van der Waals surface area contributed by atoms with Gasteiger partial charge in [0.05, 0.1) is 19.4 Å². The van der Waals surface area contributed by atoms with Crippen LogP contribution in [0.2, 0.25) is 0 Å². The number of anilines is 4. The van der Waals surface area contributed by atoms with Gasteiger partial charge in [-0.2, -0.15) is 9.50 Å². The van der Waals surface area contributed by atoms with Crippen molar-refractivity contribution in [1.29, 1.82) is 0 Å². The summed E-state index contributed by atoms with van der Waals surface area (Å²) in [5.74, 6) is 1.40. The number of hydrogen-bond donors (Lipinski definition) is 3. The molecular formula is C33H40N10O3. The lowest BCUT2D eigenvalue weighted by molar-refractivity contribution is -0.139. The Kier molecular flexibility index (Phi) is 7.73. The fourth-order valence-electron chi connectivity index (χ4n) is 6.48. The molecule has 0 spiro atoms. The molecule has 3 fully saturated rings. The molecule has 46 heavy (non-hydrogen) atoms. The number of nitrogen functional groups attached to an aromatic ring is 1. The molecular weight excluding hydrogens is 584 g/mol. The van der Waals surface area contributed by atoms with Gasteiger partial charge in [-0.1, -0.05) is 31.2 Å². The number of nitrogens with two attached hydrogens (primary N) is 1. The Morgan fingerprint density at radius 3 is 2.52 bits per heavy atom. The van der Waals surface area contributed by atoms with E-state index in [0.717, 1.165) is 43.7 Å². The average Bonchev–Trinajstić information content (AvgIpc) is 3.43. The molecule has 2 amide bonds. The zero-order valence-electron chi connectivity index (χ0n) is 26.4. The van der Waals surface area contributed by atoms with E-state index < -0.39 is 0 Å². The molecule has 0 saturated carbocycles. The monoisotopic (exact) mass is 624 g/mol. The van der Waals surface area contributed by atoms with Gasteiger partial charge in [0.25, 0.3) is 5.91 Å². The number of likely N-dealkylation sites (N-methyl/N-ethyl adjacent to an activating group) is 2. The number of rotatable bonds is 7. The minimum absolute atomic E-state index is 0.0273. The maximum atomic E-state index is 13.2. The lowest BCUT2D eigenvalue weighted by atomic mass is 9.80. The van der Waals surface area contributed by atoms with Crippen molar-refractivity contribution >= 4 is 40.7 Å². The molecule has 5 heterocycles. The van der Waals surface area contributed by atoms with Crippen molar-refractivity contribution < 1.29 is 14.3 Å². The van der Waals surface area contributed by atoms with Gasteiger partial charge in [-0.3, -0.25) is 14.5 Å². The number of carbonyl (C=O) groups is 2. The SMILES string of the molecule is CN1CCN(C)C(c2ccc(Nc3nc(N4CCC[C@H](NC(=O)c5ccc(C6(C)COC6)cc5)C4)nn4c(N)cnc34)cc2)C1=O. The van der Waals surface area contributed by atoms with E-state index in [0.29, 0.717) is 48.6 Å². The zero-order valence-corrected chi connectivity index (χ0v) is 26.4. The molecule has 0 radical (unpaired) electrons. The van der Waals surface area contributed by atoms with Crippen LogP contribution < -0.4 is 21.3 Å². The Hall–Kier alpha value is -4.75. The van der Waals surface area contributed by atoms with E-state index in [1.807, 2.05) is 62.6 Å². The summed E-state index contributed by atoms with van der Waals surface area (Å²) in [4.78, 5) is 41.3. The third-order valence-corrected chi connectivity index (χ3v) is 9.43. The minimum Gasteiger partial charge on any atom is -0.382 e. The first kappa shape index (κ1) is 29.9. The molecule has 0 aliphatic carbocycles. The Bertz CT molecular complexity index is 1750. The molecule has 13 nitrogen and oxygen atoms in total. The van der Waals surface area contributed by atoms with Crippen LogP contribution in [0, 0.1) is 0 Å². The molecule has 3 saturated heterocycles. The highest BCUT2D eigenvalue weighted by Crippen LogP contribution is 2.32. The number of amides is 2. The first-order valence-electron chi connectivity index (χ1n) is 15.8. The van der Waals surface area contributed by atoms with Gasteiger partial charge in [0.15, 0.2) is 11.5 Å². The number of hydrogen-bond acceptors (Lipinski definition) is 10. The first-order valence-corrected chi connectivity index (χ1v) is 15.8. The van der Waals surface area contributed by atoms with E-state index in [1.54, 1.807) is 15.6 Å². The van der Waals surface area contributed by atoms with Gasteiger partial charge in [-0.25, -0.2) is 4.98 Å². The normalized spacial score (nSPS) is 21.7. The smallest absolute Gasteiger partial charge is 0.251 e. The predicted molar refractivity (Wildman–Crippen MR) is 175 cm³/mol. The molecule has 2 aromatic carbocycles. The number of aromatic nitrogens is 4. The molecule has 0 bridgehead atoms. The summed E-state index contributed by atoms with van der Waals surface area (Å²) >= 11 is 0. The van der Waals surface area contributed by atoms with Crippen LogP contribution in [0.1, 0.15) is 47.3 Å². The highest BCUT2D eigenvalue weighted by Gasteiger charge is 2.35. The molecule has 4 aromatic rings. The minimum atomic E-state index is -0.310. The second-order valence-electron chi connectivity index (χ2n) is 13.0. The van der Waals surface area contributed by atoms with Crippen LogP contribution in [0.3, 0.4) is 0 Å². The fourth-order valence-corrected chi connectivity index (χ4v) is 6.48. The Morgan fingerprint density at radius 2 is 1.80 bits per heavy atom. The molecule has 13 heteroatoms. The maximum absolute atomic E-state index is 13.2. The van der Waals surface area contributed by atoms with Crippen LogP contribution in [0.5, 0.6) is 0 Å². The largest absolute Gasteiger partial charge is 0.382 e. The van der Waals surface area contributed by atoms with E-state index in [4.69, 9.17) is 20.6 Å². The molecule has 7 rings (SSSR count). The summed E-state index contributed by atoms with van der Waals surface area (Å²) in [6, 6.07) is 15.3. The van der Waals surface area contributed by atoms with E-state index in [-0.39, 0.29) is 29.3 Å². The Balaban J connectivity index is 1.07. The summed E-state index contributed by atoms with van der Waals surface area (Å²) in [6.45, 7) is 6.43. The van der Waals surface area contributed by atoms with Gasteiger partial charge in [0.1, 0.15) is 11.9 Å². The van der Waals surface area contributed by atoms with Crippen molar-refractivity contribution in [3.05, 3.63) is 71.4 Å². The number of piperidine rings is 1. The van der Waals surface area contributed by atoms with Crippen molar-refractivity contribution in [3.63, 3.8) is 0 Å². The molecule has 240 valence electrons. The molecule has 2 aromatic heterocycles. The third kappa shape index (κ3) is 5.60. The number of nitrogens with one attached hydrogen (secondary N) is 2. The second-order valence-corrected chi connectivity index (χ2v) is 13.0. The van der Waals surface area contributed by atoms with Crippen LogP contribution in [0.25, 0.3) is 5.65 Å². The standard InChI is InChI=1S/C33H40N10O3/c1-33(19-46-20-33)23-10-6-22(7-11-23)30(44)37-25-5-4-14-42(18-25)32-38-28(29-35-17-26(34)43(29)39-32)36-24-12-8-21(9-13-24)27-31(45)41(3)16-15-40(27)2/h6-13,17,25,27H,4-5,14-16,18-20,34H2,1-3H3,(H,37,44)(H,36,38,39)/t25-,27?/m0/s1. The lowest BCUT2D eigenvalue weighted by Crippen LogP contribution is -2.48. The van der Waals surface area contributed by atoms with Crippen LogP contribution in [-0.2, 0) is 14.9 Å². The summed E-state index contributed by atoms with van der Waals surface area (Å²) in [5.41, 5.74) is 10.3. The van der Waals surface area contributed by atoms with Gasteiger partial charge in [0.2, 0.25) is 11.9 Å². The number of benzene rings is 2. The average molecular weight is 625 g/mol. The summed E-state index contributed by atoms with van der Waals surface area (Å²) in [5, 5.41) is 11.3. The van der Waals surface area contributed by atoms with Crippen LogP contribution in [0.4, 0.5) is 23.3 Å².